The van der Waals surface area contributed by atoms with Gasteiger partial charge < -0.3 is 15.6 Å². The molecular weight excluding hydrogens is 202 g/mol. The Morgan fingerprint density at radius 2 is 2.00 bits per heavy atom. The quantitative estimate of drug-likeness (QED) is 0.730. The molecule has 0 amide bonds. The van der Waals surface area contributed by atoms with Gasteiger partial charge in [0.2, 0.25) is 0 Å². The third-order valence-electron chi connectivity index (χ3n) is 3.67. The normalized spacial score (nSPS) is 22.3. The van der Waals surface area contributed by atoms with Crippen LogP contribution in [0.1, 0.15) is 39.5 Å². The zero-order valence-electron chi connectivity index (χ0n) is 10.7. The van der Waals surface area contributed by atoms with Gasteiger partial charge in [-0.1, -0.05) is 13.8 Å². The van der Waals surface area contributed by atoms with E-state index in [4.69, 9.17) is 10.5 Å². The third-order valence-corrected chi connectivity index (χ3v) is 3.67. The van der Waals surface area contributed by atoms with E-state index >= 15 is 0 Å². The highest BCUT2D eigenvalue weighted by atomic mass is 16.5. The van der Waals surface area contributed by atoms with Gasteiger partial charge in [0.05, 0.1) is 0 Å². The van der Waals surface area contributed by atoms with Gasteiger partial charge in [-0.3, -0.25) is 0 Å². The molecule has 1 aliphatic rings. The van der Waals surface area contributed by atoms with Crippen LogP contribution in [0, 0.1) is 17.3 Å². The number of ether oxygens (including phenoxy) is 1. The Balaban J connectivity index is 2.53. The molecule has 0 spiro atoms. The van der Waals surface area contributed by atoms with Crippen molar-refractivity contribution in [1.29, 1.82) is 0 Å². The number of hydrogen-bond acceptors (Lipinski definition) is 3. The van der Waals surface area contributed by atoms with Gasteiger partial charge in [-0.2, -0.15) is 0 Å². The predicted octanol–water partition coefficient (Wildman–Crippen LogP) is 1.79. The molecule has 0 saturated carbocycles. The van der Waals surface area contributed by atoms with Crippen LogP contribution in [0.4, 0.5) is 0 Å². The van der Waals surface area contributed by atoms with Gasteiger partial charge in [0.1, 0.15) is 0 Å². The van der Waals surface area contributed by atoms with E-state index in [1.165, 1.54) is 0 Å². The van der Waals surface area contributed by atoms with Crippen molar-refractivity contribution in [2.24, 2.45) is 23.0 Å². The van der Waals surface area contributed by atoms with Gasteiger partial charge in [0, 0.05) is 31.8 Å². The fourth-order valence-corrected chi connectivity index (χ4v) is 2.87. The van der Waals surface area contributed by atoms with Crippen LogP contribution in [0.2, 0.25) is 0 Å². The first-order chi connectivity index (χ1) is 7.62. The second kappa shape index (κ2) is 6.58. The first kappa shape index (κ1) is 13.9. The molecule has 0 bridgehead atoms. The van der Waals surface area contributed by atoms with Gasteiger partial charge in [-0.05, 0) is 37.5 Å². The smallest absolute Gasteiger partial charge is 0.0499 e. The van der Waals surface area contributed by atoms with Gasteiger partial charge >= 0.3 is 0 Å². The number of nitrogens with two attached hydrogens (primary N) is 1. The standard InChI is InChI=1S/C13H27NO2/c1-11(2)7-13(9-14,10-15)8-12-3-5-16-6-4-12/h11-12,15H,3-10,14H2,1-2H3. The Hall–Kier alpha value is -0.120. The van der Waals surface area contributed by atoms with Crippen LogP contribution < -0.4 is 5.73 Å². The van der Waals surface area contributed by atoms with Crippen molar-refractivity contribution in [3.05, 3.63) is 0 Å². The van der Waals surface area contributed by atoms with E-state index < -0.39 is 0 Å². The van der Waals surface area contributed by atoms with Crippen LogP contribution in [0.25, 0.3) is 0 Å². The molecule has 0 aliphatic carbocycles. The molecule has 1 aliphatic heterocycles. The van der Waals surface area contributed by atoms with E-state index in [1.807, 2.05) is 0 Å². The van der Waals surface area contributed by atoms with Gasteiger partial charge in [0.25, 0.3) is 0 Å². The highest BCUT2D eigenvalue weighted by Gasteiger charge is 2.32. The average molecular weight is 229 g/mol. The summed E-state index contributed by atoms with van der Waals surface area (Å²) < 4.78 is 5.37. The number of hydrogen-bond donors (Lipinski definition) is 2. The highest BCUT2D eigenvalue weighted by molar-refractivity contribution is 4.84. The molecule has 0 aromatic carbocycles. The Morgan fingerprint density at radius 3 is 2.44 bits per heavy atom. The maximum atomic E-state index is 9.64. The average Bonchev–Trinajstić information content (AvgIpc) is 2.29. The molecule has 3 N–H and O–H groups in total. The molecule has 3 nitrogen and oxygen atoms in total. The fourth-order valence-electron chi connectivity index (χ4n) is 2.87. The van der Waals surface area contributed by atoms with E-state index in [-0.39, 0.29) is 12.0 Å². The predicted molar refractivity (Wildman–Crippen MR) is 66.2 cm³/mol. The zero-order chi connectivity index (χ0) is 12.0. The van der Waals surface area contributed by atoms with Gasteiger partial charge in [-0.15, -0.1) is 0 Å². The summed E-state index contributed by atoms with van der Waals surface area (Å²) >= 11 is 0. The lowest BCUT2D eigenvalue weighted by Crippen LogP contribution is -2.38. The highest BCUT2D eigenvalue weighted by Crippen LogP contribution is 2.35. The molecule has 1 fully saturated rings. The Morgan fingerprint density at radius 1 is 1.38 bits per heavy atom. The van der Waals surface area contributed by atoms with E-state index in [2.05, 4.69) is 13.8 Å². The zero-order valence-corrected chi connectivity index (χ0v) is 10.7. The van der Waals surface area contributed by atoms with Crippen molar-refractivity contribution >= 4 is 0 Å². The molecule has 1 unspecified atom stereocenters. The van der Waals surface area contributed by atoms with E-state index in [9.17, 15) is 5.11 Å². The molecule has 0 aromatic rings. The van der Waals surface area contributed by atoms with E-state index in [0.29, 0.717) is 18.4 Å². The molecular formula is C13H27NO2. The third kappa shape index (κ3) is 4.04. The maximum absolute atomic E-state index is 9.64. The van der Waals surface area contributed by atoms with Crippen molar-refractivity contribution in [3.8, 4) is 0 Å². The van der Waals surface area contributed by atoms with Crippen LogP contribution in [-0.4, -0.2) is 31.5 Å². The Kier molecular flexibility index (Phi) is 5.73. The second-order valence-corrected chi connectivity index (χ2v) is 5.72. The van der Waals surface area contributed by atoms with Crippen molar-refractivity contribution in [1.82, 2.24) is 0 Å². The van der Waals surface area contributed by atoms with Crippen molar-refractivity contribution in [3.63, 3.8) is 0 Å². The summed E-state index contributed by atoms with van der Waals surface area (Å²) in [6, 6.07) is 0. The monoisotopic (exact) mass is 229 g/mol. The van der Waals surface area contributed by atoms with Crippen LogP contribution in [0.5, 0.6) is 0 Å². The van der Waals surface area contributed by atoms with Crippen molar-refractivity contribution in [2.45, 2.75) is 39.5 Å². The lowest BCUT2D eigenvalue weighted by atomic mass is 9.72. The Labute approximate surface area is 99.4 Å². The summed E-state index contributed by atoms with van der Waals surface area (Å²) in [5, 5.41) is 9.64. The van der Waals surface area contributed by atoms with Crippen LogP contribution in [-0.2, 0) is 4.74 Å². The maximum Gasteiger partial charge on any atom is 0.0499 e. The van der Waals surface area contributed by atoms with Gasteiger partial charge in [0.15, 0.2) is 0 Å². The van der Waals surface area contributed by atoms with Gasteiger partial charge in [-0.25, -0.2) is 0 Å². The van der Waals surface area contributed by atoms with Crippen LogP contribution in [0.15, 0.2) is 0 Å². The number of aliphatic hydroxyl groups is 1. The molecule has 1 rings (SSSR count). The minimum Gasteiger partial charge on any atom is -0.396 e. The van der Waals surface area contributed by atoms with E-state index in [1.54, 1.807) is 0 Å². The number of aliphatic hydroxyl groups excluding tert-OH is 1. The minimum atomic E-state index is -0.0594. The summed E-state index contributed by atoms with van der Waals surface area (Å²) in [5.74, 6) is 1.28. The molecule has 3 heteroatoms. The minimum absolute atomic E-state index is 0.0594. The summed E-state index contributed by atoms with van der Waals surface area (Å²) in [6.45, 7) is 6.96. The van der Waals surface area contributed by atoms with Crippen LogP contribution in [0.3, 0.4) is 0 Å². The van der Waals surface area contributed by atoms with Crippen molar-refractivity contribution < 1.29 is 9.84 Å². The SMILES string of the molecule is CC(C)CC(CN)(CO)CC1CCOCC1. The van der Waals surface area contributed by atoms with Crippen LogP contribution >= 0.6 is 0 Å². The molecule has 96 valence electrons. The topological polar surface area (TPSA) is 55.5 Å². The second-order valence-electron chi connectivity index (χ2n) is 5.72. The first-order valence-corrected chi connectivity index (χ1v) is 6.50. The molecule has 1 atom stereocenters. The van der Waals surface area contributed by atoms with E-state index in [0.717, 1.165) is 38.9 Å². The summed E-state index contributed by atoms with van der Waals surface area (Å²) in [5.41, 5.74) is 5.83. The largest absolute Gasteiger partial charge is 0.396 e. The Bertz CT molecular complexity index is 184. The van der Waals surface area contributed by atoms with Crippen molar-refractivity contribution in [2.75, 3.05) is 26.4 Å². The summed E-state index contributed by atoms with van der Waals surface area (Å²) in [6.07, 6.45) is 4.33. The lowest BCUT2D eigenvalue weighted by molar-refractivity contribution is 0.0249. The number of rotatable bonds is 6. The molecule has 1 heterocycles. The first-order valence-electron chi connectivity index (χ1n) is 6.50. The molecule has 16 heavy (non-hydrogen) atoms. The molecule has 1 saturated heterocycles. The molecule has 0 radical (unpaired) electrons. The molecule has 0 aromatic heterocycles. The lowest BCUT2D eigenvalue weighted by Gasteiger charge is -2.37. The summed E-state index contributed by atoms with van der Waals surface area (Å²) in [4.78, 5) is 0. The fraction of sp³-hybridized carbons (Fsp3) is 1.00. The summed E-state index contributed by atoms with van der Waals surface area (Å²) in [7, 11) is 0.